The second-order valence-electron chi connectivity index (χ2n) is 4.70. The Kier molecular flexibility index (Phi) is 4.41. The molecule has 0 heterocycles. The Morgan fingerprint density at radius 1 is 1.40 bits per heavy atom. The van der Waals surface area contributed by atoms with Gasteiger partial charge in [-0.05, 0) is 25.3 Å². The van der Waals surface area contributed by atoms with Gasteiger partial charge in [-0.3, -0.25) is 10.1 Å². The lowest BCUT2D eigenvalue weighted by Crippen LogP contribution is -2.25. The Balaban J connectivity index is 2.35. The van der Waals surface area contributed by atoms with Crippen molar-refractivity contribution in [3.8, 4) is 11.5 Å². The van der Waals surface area contributed by atoms with Gasteiger partial charge in [0, 0.05) is 0 Å². The Morgan fingerprint density at radius 2 is 2.15 bits per heavy atom. The predicted molar refractivity (Wildman–Crippen MR) is 69.8 cm³/mol. The van der Waals surface area contributed by atoms with E-state index in [-0.39, 0.29) is 23.1 Å². The van der Waals surface area contributed by atoms with E-state index in [1.54, 1.807) is 0 Å². The first-order valence-electron chi connectivity index (χ1n) is 6.37. The van der Waals surface area contributed by atoms with Gasteiger partial charge in [0.2, 0.25) is 0 Å². The van der Waals surface area contributed by atoms with E-state index in [2.05, 4.69) is 0 Å². The lowest BCUT2D eigenvalue weighted by Gasteiger charge is -2.19. The first-order chi connectivity index (χ1) is 9.56. The minimum Gasteiger partial charge on any atom is -0.493 e. The van der Waals surface area contributed by atoms with Gasteiger partial charge in [-0.2, -0.15) is 0 Å². The molecule has 7 nitrogen and oxygen atoms in total. The summed E-state index contributed by atoms with van der Waals surface area (Å²) in [5, 5.41) is 29.9. The van der Waals surface area contributed by atoms with Gasteiger partial charge in [0.15, 0.2) is 11.5 Å². The number of nitro groups is 1. The molecule has 1 aromatic carbocycles. The average molecular weight is 283 g/mol. The van der Waals surface area contributed by atoms with Crippen LogP contribution in [0.5, 0.6) is 11.5 Å². The number of hydrogen-bond acceptors (Lipinski definition) is 6. The molecule has 1 saturated carbocycles. The van der Waals surface area contributed by atoms with Crippen molar-refractivity contribution in [3.63, 3.8) is 0 Å². The van der Waals surface area contributed by atoms with Crippen molar-refractivity contribution in [1.82, 2.24) is 0 Å². The van der Waals surface area contributed by atoms with Crippen LogP contribution in [0.25, 0.3) is 0 Å². The van der Waals surface area contributed by atoms with Gasteiger partial charge in [-0.1, -0.05) is 0 Å². The largest absolute Gasteiger partial charge is 0.493 e. The zero-order chi connectivity index (χ0) is 14.7. The molecule has 2 unspecified atom stereocenters. The van der Waals surface area contributed by atoms with Crippen molar-refractivity contribution in [2.45, 2.75) is 38.1 Å². The van der Waals surface area contributed by atoms with Crippen LogP contribution in [0, 0.1) is 10.1 Å². The van der Waals surface area contributed by atoms with Gasteiger partial charge >= 0.3 is 0 Å². The lowest BCUT2D eigenvalue weighted by molar-refractivity contribution is -0.386. The number of ether oxygens (including phenoxy) is 2. The number of rotatable bonds is 5. The van der Waals surface area contributed by atoms with Crippen LogP contribution >= 0.6 is 0 Å². The van der Waals surface area contributed by atoms with Crippen molar-refractivity contribution < 1.29 is 24.6 Å². The molecular formula is C13H17NO6. The Labute approximate surface area is 115 Å². The second kappa shape index (κ2) is 6.06. The van der Waals surface area contributed by atoms with Gasteiger partial charge in [-0.25, -0.2) is 0 Å². The maximum atomic E-state index is 11.0. The fraction of sp³-hybridized carbons (Fsp3) is 0.538. The molecule has 0 spiro atoms. The number of nitrogens with zero attached hydrogens (tertiary/aromatic N) is 1. The topological polar surface area (TPSA) is 102 Å². The van der Waals surface area contributed by atoms with E-state index in [1.807, 2.05) is 0 Å². The highest BCUT2D eigenvalue weighted by Crippen LogP contribution is 2.37. The average Bonchev–Trinajstić information content (AvgIpc) is 2.83. The first-order valence-corrected chi connectivity index (χ1v) is 6.37. The number of benzene rings is 1. The van der Waals surface area contributed by atoms with Gasteiger partial charge in [0.05, 0.1) is 36.4 Å². The Bertz CT molecular complexity index is 504. The zero-order valence-corrected chi connectivity index (χ0v) is 11.1. The highest BCUT2D eigenvalue weighted by atomic mass is 16.6. The predicted octanol–water partition coefficient (Wildman–Crippen LogP) is 1.39. The third-order valence-electron chi connectivity index (χ3n) is 3.43. The SMILES string of the molecule is COc1cc(CO)c([N+](=O)[O-])cc1OC1CCCC1O. The molecule has 7 heteroatoms. The molecule has 2 rings (SSSR count). The van der Waals surface area contributed by atoms with Crippen molar-refractivity contribution in [2.24, 2.45) is 0 Å². The Morgan fingerprint density at radius 3 is 2.65 bits per heavy atom. The molecule has 1 fully saturated rings. The van der Waals surface area contributed by atoms with Crippen LogP contribution in [0.3, 0.4) is 0 Å². The molecule has 0 aromatic heterocycles. The molecule has 0 bridgehead atoms. The maximum Gasteiger partial charge on any atom is 0.278 e. The lowest BCUT2D eigenvalue weighted by atomic mass is 10.1. The van der Waals surface area contributed by atoms with Crippen LogP contribution in [0.2, 0.25) is 0 Å². The van der Waals surface area contributed by atoms with E-state index in [0.717, 1.165) is 6.42 Å². The third kappa shape index (κ3) is 2.83. The summed E-state index contributed by atoms with van der Waals surface area (Å²) in [6, 6.07) is 2.62. The van der Waals surface area contributed by atoms with Gasteiger partial charge in [-0.15, -0.1) is 0 Å². The second-order valence-corrected chi connectivity index (χ2v) is 4.70. The van der Waals surface area contributed by atoms with Crippen LogP contribution in [0.15, 0.2) is 12.1 Å². The van der Waals surface area contributed by atoms with Gasteiger partial charge in [0.25, 0.3) is 5.69 Å². The van der Waals surface area contributed by atoms with E-state index < -0.39 is 17.6 Å². The molecule has 2 N–H and O–H groups in total. The highest BCUT2D eigenvalue weighted by Gasteiger charge is 2.29. The monoisotopic (exact) mass is 283 g/mol. The summed E-state index contributed by atoms with van der Waals surface area (Å²) in [7, 11) is 1.42. The molecule has 2 atom stereocenters. The summed E-state index contributed by atoms with van der Waals surface area (Å²) in [6.45, 7) is -0.459. The van der Waals surface area contributed by atoms with Gasteiger partial charge < -0.3 is 19.7 Å². The summed E-state index contributed by atoms with van der Waals surface area (Å²) in [5.74, 6) is 0.515. The summed E-state index contributed by atoms with van der Waals surface area (Å²) < 4.78 is 10.8. The normalized spacial score (nSPS) is 21.8. The summed E-state index contributed by atoms with van der Waals surface area (Å²) in [6.07, 6.45) is 1.24. The molecule has 1 aliphatic carbocycles. The van der Waals surface area contributed by atoms with Crippen molar-refractivity contribution in [1.29, 1.82) is 0 Å². The van der Waals surface area contributed by atoms with Crippen LogP contribution in [0.4, 0.5) is 5.69 Å². The van der Waals surface area contributed by atoms with Crippen LogP contribution < -0.4 is 9.47 Å². The highest BCUT2D eigenvalue weighted by molar-refractivity contribution is 5.54. The molecule has 1 aromatic rings. The molecule has 20 heavy (non-hydrogen) atoms. The minimum absolute atomic E-state index is 0.158. The molecule has 0 aliphatic heterocycles. The van der Waals surface area contributed by atoms with Crippen LogP contribution in [0.1, 0.15) is 24.8 Å². The summed E-state index contributed by atoms with van der Waals surface area (Å²) >= 11 is 0. The van der Waals surface area contributed by atoms with Crippen molar-refractivity contribution in [3.05, 3.63) is 27.8 Å². The molecule has 0 radical (unpaired) electrons. The molecule has 1 aliphatic rings. The smallest absolute Gasteiger partial charge is 0.278 e. The number of methoxy groups -OCH3 is 1. The fourth-order valence-corrected chi connectivity index (χ4v) is 2.35. The third-order valence-corrected chi connectivity index (χ3v) is 3.43. The number of aliphatic hydroxyl groups is 2. The summed E-state index contributed by atoms with van der Waals surface area (Å²) in [5.41, 5.74) is -0.0676. The van der Waals surface area contributed by atoms with Crippen molar-refractivity contribution in [2.75, 3.05) is 7.11 Å². The Hall–Kier alpha value is -1.86. The van der Waals surface area contributed by atoms with Crippen LogP contribution in [-0.2, 0) is 6.61 Å². The molecule has 110 valence electrons. The zero-order valence-electron chi connectivity index (χ0n) is 11.1. The summed E-state index contributed by atoms with van der Waals surface area (Å²) in [4.78, 5) is 10.4. The number of nitro benzene ring substituents is 1. The van der Waals surface area contributed by atoms with Crippen molar-refractivity contribution >= 4 is 5.69 Å². The number of hydrogen-bond donors (Lipinski definition) is 2. The van der Waals surface area contributed by atoms with E-state index >= 15 is 0 Å². The van der Waals surface area contributed by atoms with E-state index in [0.29, 0.717) is 18.6 Å². The van der Waals surface area contributed by atoms with Gasteiger partial charge in [0.1, 0.15) is 6.10 Å². The quantitative estimate of drug-likeness (QED) is 0.625. The first kappa shape index (κ1) is 14.5. The molecule has 0 saturated heterocycles. The van der Waals surface area contributed by atoms with Crippen LogP contribution in [-0.4, -0.2) is 34.5 Å². The minimum atomic E-state index is -0.580. The fourth-order valence-electron chi connectivity index (χ4n) is 2.35. The van der Waals surface area contributed by atoms with E-state index in [9.17, 15) is 15.2 Å². The molecular weight excluding hydrogens is 266 g/mol. The standard InChI is InChI=1S/C13H17NO6/c1-19-12-5-8(7-15)9(14(17)18)6-13(12)20-11-4-2-3-10(11)16/h5-6,10-11,15-16H,2-4,7H2,1H3. The maximum absolute atomic E-state index is 11.0. The number of aliphatic hydroxyl groups excluding tert-OH is 2. The van der Waals surface area contributed by atoms with E-state index in [4.69, 9.17) is 14.6 Å². The molecule has 0 amide bonds. The van der Waals surface area contributed by atoms with E-state index in [1.165, 1.54) is 19.2 Å².